The summed E-state index contributed by atoms with van der Waals surface area (Å²) in [6.07, 6.45) is 10.3. The maximum absolute atomic E-state index is 6.78. The lowest BCUT2D eigenvalue weighted by molar-refractivity contribution is -0.0113. The average Bonchev–Trinajstić information content (AvgIpc) is 3.76. The van der Waals surface area contributed by atoms with Gasteiger partial charge in [0.1, 0.15) is 0 Å². The van der Waals surface area contributed by atoms with E-state index in [0.717, 1.165) is 0 Å². The molecule has 2 saturated carbocycles. The van der Waals surface area contributed by atoms with Gasteiger partial charge >= 0.3 is 0 Å². The Morgan fingerprint density at radius 2 is 1.08 bits per heavy atom. The maximum atomic E-state index is 6.78. The van der Waals surface area contributed by atoms with Gasteiger partial charge in [0.05, 0.1) is 30.7 Å². The second-order valence-corrected chi connectivity index (χ2v) is 16.2. The topological polar surface area (TPSA) is 45.3 Å². The lowest BCUT2D eigenvalue weighted by Crippen LogP contribution is -2.63. The van der Waals surface area contributed by atoms with Crippen LogP contribution < -0.4 is 16.0 Å². The first-order valence-electron chi connectivity index (χ1n) is 18.9. The lowest BCUT2D eigenvalue weighted by atomic mass is 9.66. The van der Waals surface area contributed by atoms with Crippen molar-refractivity contribution < 1.29 is 4.74 Å². The van der Waals surface area contributed by atoms with Gasteiger partial charge in [0.2, 0.25) is 0 Å². The monoisotopic (exact) mass is 675 g/mol. The number of nitrogens with one attached hydrogen (secondary N) is 3. The van der Waals surface area contributed by atoms with Gasteiger partial charge in [-0.2, -0.15) is 0 Å². The molecular formula is C45H45N3OS. The summed E-state index contributed by atoms with van der Waals surface area (Å²) in [7, 11) is 0. The minimum Gasteiger partial charge on any atom is -0.374 e. The maximum Gasteiger partial charge on any atom is 0.0862 e. The molecule has 252 valence electrons. The Bertz CT molecular complexity index is 2110. The minimum absolute atomic E-state index is 0.0459. The molecule has 8 unspecified atom stereocenters. The molecule has 4 aliphatic rings. The number of benzene rings is 5. The second-order valence-electron chi connectivity index (χ2n) is 15.1. The zero-order chi connectivity index (χ0) is 33.0. The lowest BCUT2D eigenvalue weighted by Gasteiger charge is -2.47. The molecule has 3 heterocycles. The molecule has 6 aromatic rings. The Labute approximate surface area is 299 Å². The van der Waals surface area contributed by atoms with Gasteiger partial charge in [-0.3, -0.25) is 16.0 Å². The third-order valence-corrected chi connectivity index (χ3v) is 13.4. The van der Waals surface area contributed by atoms with E-state index in [0.29, 0.717) is 30.0 Å². The van der Waals surface area contributed by atoms with Gasteiger partial charge in [0, 0.05) is 20.2 Å². The van der Waals surface area contributed by atoms with Crippen LogP contribution in [0.15, 0.2) is 121 Å². The number of hydrogen-bond donors (Lipinski definition) is 3. The van der Waals surface area contributed by atoms with Crippen molar-refractivity contribution in [3.8, 4) is 22.3 Å². The standard InChI is InChI=1S/C45H45N3OS/c1-3-10-28(11-4-1)29-18-20-30(21-19-29)32-22-24-34-35-25-23-33(27-41(35)50-40(34)26-32)44-46-43(31-12-5-2-6-13-31)47-45(48-44)37-15-9-17-39-42(37)36-14-7-8-16-38(36)49-39/h1-6,10-13,18-27,36-39,42-48H,7-9,14-17H2. The molecule has 10 rings (SSSR count). The van der Waals surface area contributed by atoms with Gasteiger partial charge in [0.25, 0.3) is 0 Å². The molecule has 2 saturated heterocycles. The molecule has 8 atom stereocenters. The van der Waals surface area contributed by atoms with E-state index in [4.69, 9.17) is 4.74 Å². The quantitative estimate of drug-likeness (QED) is 0.170. The zero-order valence-electron chi connectivity index (χ0n) is 28.4. The van der Waals surface area contributed by atoms with E-state index in [1.165, 1.54) is 98.5 Å². The molecule has 0 amide bonds. The summed E-state index contributed by atoms with van der Waals surface area (Å²) < 4.78 is 9.46. The summed E-state index contributed by atoms with van der Waals surface area (Å²) >= 11 is 1.91. The SMILES string of the molecule is c1ccc(-c2ccc(-c3ccc4c(c3)sc3cc(C5NC(c6ccccc6)NC(C6CCCC7OC8CCCCC8C76)N5)ccc34)cc2)cc1. The molecule has 2 aliphatic heterocycles. The molecule has 0 bridgehead atoms. The Balaban J connectivity index is 0.958. The third kappa shape index (κ3) is 5.60. The van der Waals surface area contributed by atoms with Crippen LogP contribution in [-0.2, 0) is 4.74 Å². The summed E-state index contributed by atoms with van der Waals surface area (Å²) in [6.45, 7) is 0. The highest BCUT2D eigenvalue weighted by Crippen LogP contribution is 2.51. The Morgan fingerprint density at radius 3 is 1.88 bits per heavy atom. The molecule has 3 N–H and O–H groups in total. The van der Waals surface area contributed by atoms with Crippen molar-refractivity contribution in [3.63, 3.8) is 0 Å². The largest absolute Gasteiger partial charge is 0.374 e. The van der Waals surface area contributed by atoms with E-state index in [-0.39, 0.29) is 18.5 Å². The van der Waals surface area contributed by atoms with Crippen molar-refractivity contribution in [3.05, 3.63) is 132 Å². The third-order valence-electron chi connectivity index (χ3n) is 12.3. The van der Waals surface area contributed by atoms with Crippen LogP contribution in [0.2, 0.25) is 0 Å². The summed E-state index contributed by atoms with van der Waals surface area (Å²) in [5.41, 5.74) is 7.62. The number of fused-ring (bicyclic) bond motifs is 6. The highest BCUT2D eigenvalue weighted by molar-refractivity contribution is 7.25. The van der Waals surface area contributed by atoms with Crippen molar-refractivity contribution in [1.29, 1.82) is 0 Å². The van der Waals surface area contributed by atoms with Crippen molar-refractivity contribution in [2.24, 2.45) is 17.8 Å². The number of thiophene rings is 1. The van der Waals surface area contributed by atoms with E-state index in [9.17, 15) is 0 Å². The highest BCUT2D eigenvalue weighted by atomic mass is 32.1. The van der Waals surface area contributed by atoms with Gasteiger partial charge < -0.3 is 4.74 Å². The summed E-state index contributed by atoms with van der Waals surface area (Å²) in [6, 6.07) is 44.7. The first-order valence-corrected chi connectivity index (χ1v) is 19.7. The minimum atomic E-state index is 0.0459. The van der Waals surface area contributed by atoms with Gasteiger partial charge in [-0.25, -0.2) is 0 Å². The van der Waals surface area contributed by atoms with Crippen molar-refractivity contribution in [2.45, 2.75) is 75.7 Å². The fourth-order valence-corrected chi connectivity index (χ4v) is 11.1. The first-order chi connectivity index (χ1) is 24.7. The second kappa shape index (κ2) is 13.0. The first kappa shape index (κ1) is 30.9. The highest BCUT2D eigenvalue weighted by Gasteiger charge is 2.52. The molecule has 50 heavy (non-hydrogen) atoms. The van der Waals surface area contributed by atoms with Crippen LogP contribution in [0.25, 0.3) is 42.4 Å². The van der Waals surface area contributed by atoms with E-state index in [2.05, 4.69) is 137 Å². The number of ether oxygens (including phenoxy) is 1. The molecule has 0 radical (unpaired) electrons. The van der Waals surface area contributed by atoms with E-state index < -0.39 is 0 Å². The fraction of sp³-hybridized carbons (Fsp3) is 0.333. The fourth-order valence-electron chi connectivity index (χ4n) is 9.90. The predicted molar refractivity (Wildman–Crippen MR) is 207 cm³/mol. The molecule has 5 aromatic carbocycles. The van der Waals surface area contributed by atoms with Crippen LogP contribution in [0.4, 0.5) is 0 Å². The van der Waals surface area contributed by atoms with Crippen LogP contribution in [0, 0.1) is 17.8 Å². The van der Waals surface area contributed by atoms with E-state index in [1.807, 2.05) is 11.3 Å². The average molecular weight is 676 g/mol. The van der Waals surface area contributed by atoms with Crippen LogP contribution >= 0.6 is 11.3 Å². The number of rotatable bonds is 5. The van der Waals surface area contributed by atoms with Crippen LogP contribution in [0.3, 0.4) is 0 Å². The predicted octanol–water partition coefficient (Wildman–Crippen LogP) is 10.6. The Morgan fingerprint density at radius 1 is 0.480 bits per heavy atom. The van der Waals surface area contributed by atoms with Gasteiger partial charge in [-0.1, -0.05) is 128 Å². The van der Waals surface area contributed by atoms with Gasteiger partial charge in [-0.05, 0) is 89.0 Å². The molecule has 0 spiro atoms. The molecule has 4 nitrogen and oxygen atoms in total. The Kier molecular flexibility index (Phi) is 8.07. The normalized spacial score (nSPS) is 29.5. The summed E-state index contributed by atoms with van der Waals surface area (Å²) in [5.74, 6) is 1.92. The van der Waals surface area contributed by atoms with Crippen molar-refractivity contribution >= 4 is 31.5 Å². The van der Waals surface area contributed by atoms with E-state index >= 15 is 0 Å². The summed E-state index contributed by atoms with van der Waals surface area (Å²) in [5, 5.41) is 14.8. The van der Waals surface area contributed by atoms with Crippen molar-refractivity contribution in [1.82, 2.24) is 16.0 Å². The Hall–Kier alpha value is -3.84. The molecule has 2 aliphatic carbocycles. The van der Waals surface area contributed by atoms with Gasteiger partial charge in [0.15, 0.2) is 0 Å². The molecular weight excluding hydrogens is 631 g/mol. The van der Waals surface area contributed by atoms with Crippen molar-refractivity contribution in [2.75, 3.05) is 0 Å². The van der Waals surface area contributed by atoms with E-state index in [1.54, 1.807) is 0 Å². The van der Waals surface area contributed by atoms with Crippen LogP contribution in [0.1, 0.15) is 68.4 Å². The molecule has 5 heteroatoms. The van der Waals surface area contributed by atoms with Crippen LogP contribution in [0.5, 0.6) is 0 Å². The zero-order valence-corrected chi connectivity index (χ0v) is 29.2. The molecule has 4 fully saturated rings. The number of hydrogen-bond acceptors (Lipinski definition) is 5. The molecule has 1 aromatic heterocycles. The van der Waals surface area contributed by atoms with Crippen LogP contribution in [-0.4, -0.2) is 18.4 Å². The smallest absolute Gasteiger partial charge is 0.0862 e. The summed E-state index contributed by atoms with van der Waals surface area (Å²) in [4.78, 5) is 0. The van der Waals surface area contributed by atoms with Gasteiger partial charge in [-0.15, -0.1) is 11.3 Å².